The summed E-state index contributed by atoms with van der Waals surface area (Å²) in [5.74, 6) is 0. The lowest BCUT2D eigenvalue weighted by molar-refractivity contribution is 1.21. The van der Waals surface area contributed by atoms with Crippen LogP contribution in [0.5, 0.6) is 0 Å². The molecule has 1 aromatic rings. The molecule has 12 heavy (non-hydrogen) atoms. The monoisotopic (exact) mass is 155 g/mol. The third-order valence-corrected chi connectivity index (χ3v) is 1.86. The maximum atomic E-state index is 4.29. The van der Waals surface area contributed by atoms with E-state index in [1.54, 1.807) is 0 Å². The first-order valence-corrected chi connectivity index (χ1v) is 3.93. The van der Waals surface area contributed by atoms with Gasteiger partial charge in [0.05, 0.1) is 5.35 Å². The molecule has 1 aliphatic carbocycles. The lowest BCUT2D eigenvalue weighted by Gasteiger charge is -1.89. The van der Waals surface area contributed by atoms with Crippen LogP contribution in [0.1, 0.15) is 6.92 Å². The van der Waals surface area contributed by atoms with E-state index in [9.17, 15) is 0 Å². The molecule has 1 heteroatoms. The molecule has 0 spiro atoms. The average Bonchev–Trinajstić information content (AvgIpc) is 2.29. The van der Waals surface area contributed by atoms with Crippen LogP contribution in [0.4, 0.5) is 0 Å². The van der Waals surface area contributed by atoms with Gasteiger partial charge in [-0.05, 0) is 30.7 Å². The number of aromatic nitrogens is 1. The first-order valence-electron chi connectivity index (χ1n) is 3.93. The molecule has 0 saturated heterocycles. The number of hydrogen-bond donors (Lipinski definition) is 0. The van der Waals surface area contributed by atoms with Crippen molar-refractivity contribution in [2.24, 2.45) is 0 Å². The summed E-state index contributed by atoms with van der Waals surface area (Å²) in [4.78, 5) is 4.29. The van der Waals surface area contributed by atoms with Crippen LogP contribution in [0.15, 0.2) is 36.6 Å². The standard InChI is InChI=1S/C11H9N/c1-9-5-2-3-6-10-7-4-8-12-11(9)10/h2-5,7-8H,1H3. The van der Waals surface area contributed by atoms with E-state index in [1.165, 1.54) is 5.57 Å². The Morgan fingerprint density at radius 2 is 2.33 bits per heavy atom. The number of rotatable bonds is 0. The molecule has 0 fully saturated rings. The first-order chi connectivity index (χ1) is 5.88. The maximum Gasteiger partial charge on any atom is 0.0808 e. The summed E-state index contributed by atoms with van der Waals surface area (Å²) in [7, 11) is 0. The molecule has 0 bridgehead atoms. The highest BCUT2D eigenvalue weighted by Crippen LogP contribution is 1.92. The zero-order chi connectivity index (χ0) is 8.39. The molecular weight excluding hydrogens is 146 g/mol. The second kappa shape index (κ2) is 2.80. The van der Waals surface area contributed by atoms with Gasteiger partial charge < -0.3 is 0 Å². The second-order valence-electron chi connectivity index (χ2n) is 2.75. The van der Waals surface area contributed by atoms with Crippen molar-refractivity contribution in [1.82, 2.24) is 4.98 Å². The minimum Gasteiger partial charge on any atom is -0.255 e. The van der Waals surface area contributed by atoms with Crippen LogP contribution in [-0.4, -0.2) is 4.98 Å². The Balaban J connectivity index is 3.05. The van der Waals surface area contributed by atoms with Crippen molar-refractivity contribution in [1.29, 1.82) is 0 Å². The van der Waals surface area contributed by atoms with Crippen molar-refractivity contribution in [3.63, 3.8) is 0 Å². The zero-order valence-corrected chi connectivity index (χ0v) is 6.91. The molecule has 0 N–H and O–H groups in total. The summed E-state index contributed by atoms with van der Waals surface area (Å²) in [5.41, 5.74) is 4.35. The maximum absolute atomic E-state index is 4.29. The number of fused-ring (bicyclic) bond motifs is 1. The van der Waals surface area contributed by atoms with Gasteiger partial charge >= 0.3 is 0 Å². The van der Waals surface area contributed by atoms with Gasteiger partial charge in [-0.2, -0.15) is 0 Å². The van der Waals surface area contributed by atoms with Crippen molar-refractivity contribution in [3.8, 4) is 0 Å². The molecule has 0 radical (unpaired) electrons. The van der Waals surface area contributed by atoms with Crippen LogP contribution >= 0.6 is 0 Å². The number of allylic oxidation sites excluding steroid dienone is 3. The minimum absolute atomic E-state index is 1.03. The fourth-order valence-corrected chi connectivity index (χ4v) is 1.25. The smallest absolute Gasteiger partial charge is 0.0808 e. The van der Waals surface area contributed by atoms with Crippen molar-refractivity contribution < 1.29 is 0 Å². The summed E-state index contributed by atoms with van der Waals surface area (Å²) in [6.45, 7) is 2.06. The molecule has 0 unspecified atom stereocenters. The van der Waals surface area contributed by atoms with Crippen LogP contribution in [0.3, 0.4) is 0 Å². The predicted molar refractivity (Wildman–Crippen MR) is 49.7 cm³/mol. The summed E-state index contributed by atoms with van der Waals surface area (Å²) >= 11 is 0. The van der Waals surface area contributed by atoms with Gasteiger partial charge in [-0.1, -0.05) is 12.2 Å². The van der Waals surface area contributed by atoms with Crippen LogP contribution < -0.4 is 10.6 Å². The first kappa shape index (κ1) is 7.08. The topological polar surface area (TPSA) is 12.9 Å². The van der Waals surface area contributed by atoms with Gasteiger partial charge in [0.25, 0.3) is 0 Å². The van der Waals surface area contributed by atoms with Gasteiger partial charge in [0.1, 0.15) is 0 Å². The summed E-state index contributed by atoms with van der Waals surface area (Å²) < 4.78 is 0. The normalized spacial score (nSPS) is 13.6. The Morgan fingerprint density at radius 3 is 3.25 bits per heavy atom. The van der Waals surface area contributed by atoms with E-state index in [0.29, 0.717) is 0 Å². The molecule has 1 heterocycles. The van der Waals surface area contributed by atoms with Crippen molar-refractivity contribution in [2.45, 2.75) is 6.92 Å². The number of nitrogens with zero attached hydrogens (tertiary/aromatic N) is 1. The largest absolute Gasteiger partial charge is 0.255 e. The Bertz CT molecular complexity index is 474. The van der Waals surface area contributed by atoms with E-state index in [4.69, 9.17) is 0 Å². The molecule has 0 atom stereocenters. The minimum atomic E-state index is 1.03. The van der Waals surface area contributed by atoms with Crippen LogP contribution in [0.25, 0.3) is 11.3 Å². The van der Waals surface area contributed by atoms with Gasteiger partial charge in [-0.25, -0.2) is 0 Å². The second-order valence-corrected chi connectivity index (χ2v) is 2.75. The lowest BCUT2D eigenvalue weighted by Crippen LogP contribution is -2.27. The summed E-state index contributed by atoms with van der Waals surface area (Å²) in [6.07, 6.45) is 7.75. The van der Waals surface area contributed by atoms with Crippen molar-refractivity contribution in [3.05, 3.63) is 47.1 Å². The van der Waals surface area contributed by atoms with Crippen LogP contribution in [0, 0.1) is 0 Å². The van der Waals surface area contributed by atoms with Gasteiger partial charge in [0.15, 0.2) is 0 Å². The Labute approximate surface area is 71.1 Å². The van der Waals surface area contributed by atoms with Crippen LogP contribution in [-0.2, 0) is 0 Å². The van der Waals surface area contributed by atoms with E-state index in [1.807, 2.05) is 36.6 Å². The molecule has 1 aliphatic rings. The summed E-state index contributed by atoms with van der Waals surface area (Å²) in [6, 6.07) is 3.95. The predicted octanol–water partition coefficient (Wildman–Crippen LogP) is 0.758. The van der Waals surface area contributed by atoms with Gasteiger partial charge in [-0.15, -0.1) is 5.73 Å². The Morgan fingerprint density at radius 1 is 1.42 bits per heavy atom. The quantitative estimate of drug-likeness (QED) is 0.539. The highest BCUT2D eigenvalue weighted by molar-refractivity contribution is 5.56. The fourth-order valence-electron chi connectivity index (χ4n) is 1.25. The van der Waals surface area contributed by atoms with E-state index >= 15 is 0 Å². The van der Waals surface area contributed by atoms with E-state index < -0.39 is 0 Å². The van der Waals surface area contributed by atoms with E-state index in [2.05, 4.69) is 17.6 Å². The van der Waals surface area contributed by atoms with Crippen molar-refractivity contribution in [2.75, 3.05) is 0 Å². The fraction of sp³-hybridized carbons (Fsp3) is 0.0909. The molecule has 1 nitrogen and oxygen atoms in total. The molecule has 58 valence electrons. The molecule has 1 aromatic heterocycles. The average molecular weight is 155 g/mol. The SMILES string of the molecule is CC1=c2ncccc2=C=CC=C1. The zero-order valence-electron chi connectivity index (χ0n) is 6.91. The Kier molecular flexibility index (Phi) is 1.65. The lowest BCUT2D eigenvalue weighted by atomic mass is 10.2. The van der Waals surface area contributed by atoms with Gasteiger partial charge in [0, 0.05) is 11.4 Å². The van der Waals surface area contributed by atoms with Gasteiger partial charge in [-0.3, -0.25) is 4.98 Å². The highest BCUT2D eigenvalue weighted by Gasteiger charge is 1.90. The van der Waals surface area contributed by atoms with E-state index in [-0.39, 0.29) is 0 Å². The molecule has 0 aliphatic heterocycles. The number of pyridine rings is 1. The molecule has 0 saturated carbocycles. The molecular formula is C11H9N. The third-order valence-electron chi connectivity index (χ3n) is 1.86. The molecule has 2 rings (SSSR count). The van der Waals surface area contributed by atoms with Gasteiger partial charge in [0.2, 0.25) is 0 Å². The Hall–Kier alpha value is -1.59. The highest BCUT2D eigenvalue weighted by atomic mass is 14.6. The van der Waals surface area contributed by atoms with Crippen molar-refractivity contribution >= 4 is 11.3 Å². The van der Waals surface area contributed by atoms with E-state index in [0.717, 1.165) is 10.6 Å². The van der Waals surface area contributed by atoms with Crippen LogP contribution in [0.2, 0.25) is 0 Å². The molecule has 0 amide bonds. The third kappa shape index (κ3) is 1.11. The molecule has 0 aromatic carbocycles. The number of hydrogen-bond acceptors (Lipinski definition) is 1. The summed E-state index contributed by atoms with van der Waals surface area (Å²) in [5, 5.41) is 2.10.